The Kier molecular flexibility index (Phi) is 5.02. The number of ether oxygens (including phenoxy) is 2. The first-order valence-corrected chi connectivity index (χ1v) is 6.77. The van der Waals surface area contributed by atoms with Crippen LogP contribution in [0.4, 0.5) is 0 Å². The summed E-state index contributed by atoms with van der Waals surface area (Å²) < 4.78 is 11.3. The van der Waals surface area contributed by atoms with E-state index in [0.717, 1.165) is 0 Å². The minimum atomic E-state index is -1.12. The molecule has 5 atom stereocenters. The van der Waals surface area contributed by atoms with Crippen molar-refractivity contribution in [1.82, 2.24) is 0 Å². The van der Waals surface area contributed by atoms with E-state index in [2.05, 4.69) is 0 Å². The summed E-state index contributed by atoms with van der Waals surface area (Å²) in [5.74, 6) is -0.354. The zero-order valence-corrected chi connectivity index (χ0v) is 12.8. The molecule has 1 rings (SSSR count). The lowest BCUT2D eigenvalue weighted by molar-refractivity contribution is -0.321. The van der Waals surface area contributed by atoms with Gasteiger partial charge in [0.15, 0.2) is 6.29 Å². The van der Waals surface area contributed by atoms with Crippen molar-refractivity contribution in [2.24, 2.45) is 11.3 Å². The van der Waals surface area contributed by atoms with E-state index in [9.17, 15) is 15.3 Å². The molecule has 19 heavy (non-hydrogen) atoms. The molecule has 1 fully saturated rings. The van der Waals surface area contributed by atoms with Gasteiger partial charge in [-0.05, 0) is 26.2 Å². The van der Waals surface area contributed by atoms with Crippen LogP contribution < -0.4 is 0 Å². The van der Waals surface area contributed by atoms with Crippen molar-refractivity contribution >= 4 is 0 Å². The highest BCUT2D eigenvalue weighted by Crippen LogP contribution is 2.39. The molecule has 1 aliphatic rings. The Hall–Kier alpha value is -0.200. The van der Waals surface area contributed by atoms with Crippen LogP contribution in [-0.4, -0.2) is 52.1 Å². The van der Waals surface area contributed by atoms with Crippen LogP contribution >= 0.6 is 0 Å². The first-order valence-electron chi connectivity index (χ1n) is 6.77. The molecule has 0 saturated carbocycles. The Morgan fingerprint density at radius 3 is 1.89 bits per heavy atom. The second-order valence-corrected chi connectivity index (χ2v) is 7.33. The summed E-state index contributed by atoms with van der Waals surface area (Å²) >= 11 is 0. The quantitative estimate of drug-likeness (QED) is 0.698. The summed E-state index contributed by atoms with van der Waals surface area (Å²) in [6, 6.07) is 0. The van der Waals surface area contributed by atoms with E-state index in [4.69, 9.17) is 9.47 Å². The van der Waals surface area contributed by atoms with Gasteiger partial charge in [-0.3, -0.25) is 0 Å². The largest absolute Gasteiger partial charge is 0.394 e. The maximum Gasteiger partial charge on any atom is 0.187 e. The molecule has 2 unspecified atom stereocenters. The monoisotopic (exact) mass is 276 g/mol. The molecule has 0 aromatic heterocycles. The van der Waals surface area contributed by atoms with Gasteiger partial charge >= 0.3 is 0 Å². The van der Waals surface area contributed by atoms with Crippen LogP contribution in [0.15, 0.2) is 0 Å². The Bertz CT molecular complexity index is 287. The molecule has 1 aliphatic heterocycles. The zero-order chi connectivity index (χ0) is 15.0. The Balaban J connectivity index is 2.91. The van der Waals surface area contributed by atoms with E-state index in [1.165, 1.54) is 0 Å². The molecule has 0 aromatic carbocycles. The number of aliphatic hydroxyl groups excluding tert-OH is 3. The molecule has 0 aromatic rings. The molecular weight excluding hydrogens is 248 g/mol. The molecule has 5 nitrogen and oxygen atoms in total. The Morgan fingerprint density at radius 2 is 1.53 bits per heavy atom. The first kappa shape index (κ1) is 16.9. The molecule has 1 heterocycles. The Labute approximate surface area is 115 Å². The van der Waals surface area contributed by atoms with Crippen molar-refractivity contribution < 1.29 is 24.8 Å². The van der Waals surface area contributed by atoms with E-state index in [0.29, 0.717) is 0 Å². The van der Waals surface area contributed by atoms with Crippen LogP contribution in [0.2, 0.25) is 0 Å². The molecule has 0 bridgehead atoms. The van der Waals surface area contributed by atoms with Crippen molar-refractivity contribution in [1.29, 1.82) is 0 Å². The molecule has 114 valence electrons. The highest BCUT2D eigenvalue weighted by atomic mass is 16.7. The second kappa shape index (κ2) is 5.66. The lowest BCUT2D eigenvalue weighted by Gasteiger charge is -2.48. The smallest absolute Gasteiger partial charge is 0.187 e. The maximum atomic E-state index is 10.3. The normalized spacial score (nSPS) is 37.4. The van der Waals surface area contributed by atoms with Gasteiger partial charge in [0, 0.05) is 5.92 Å². The fraction of sp³-hybridized carbons (Fsp3) is 1.00. The van der Waals surface area contributed by atoms with Gasteiger partial charge in [-0.2, -0.15) is 0 Å². The van der Waals surface area contributed by atoms with E-state index in [1.54, 1.807) is 0 Å². The zero-order valence-electron chi connectivity index (χ0n) is 12.8. The third-order valence-corrected chi connectivity index (χ3v) is 3.36. The van der Waals surface area contributed by atoms with E-state index in [-0.39, 0.29) is 17.9 Å². The van der Waals surface area contributed by atoms with Crippen molar-refractivity contribution in [3.63, 3.8) is 0 Å². The van der Waals surface area contributed by atoms with E-state index >= 15 is 0 Å². The van der Waals surface area contributed by atoms with E-state index in [1.807, 2.05) is 41.5 Å². The van der Waals surface area contributed by atoms with E-state index < -0.39 is 30.2 Å². The average Bonchev–Trinajstić information content (AvgIpc) is 2.20. The highest BCUT2D eigenvalue weighted by molar-refractivity contribution is 4.95. The van der Waals surface area contributed by atoms with Gasteiger partial charge < -0.3 is 24.8 Å². The lowest BCUT2D eigenvalue weighted by atomic mass is 9.71. The Morgan fingerprint density at radius 1 is 1.00 bits per heavy atom. The van der Waals surface area contributed by atoms with Gasteiger partial charge in [0.25, 0.3) is 0 Å². The lowest BCUT2D eigenvalue weighted by Crippen LogP contribution is -2.60. The van der Waals surface area contributed by atoms with Gasteiger partial charge in [0.2, 0.25) is 0 Å². The summed E-state index contributed by atoms with van der Waals surface area (Å²) in [6.45, 7) is 11.2. The summed E-state index contributed by atoms with van der Waals surface area (Å²) in [5, 5.41) is 30.0. The molecule has 3 N–H and O–H groups in total. The van der Waals surface area contributed by atoms with Crippen molar-refractivity contribution in [3.8, 4) is 0 Å². The molecule has 0 radical (unpaired) electrons. The van der Waals surface area contributed by atoms with Crippen LogP contribution in [-0.2, 0) is 9.47 Å². The second-order valence-electron chi connectivity index (χ2n) is 7.33. The molecule has 0 amide bonds. The third kappa shape index (κ3) is 4.13. The van der Waals surface area contributed by atoms with Crippen LogP contribution in [0.25, 0.3) is 0 Å². The summed E-state index contributed by atoms with van der Waals surface area (Å²) in [4.78, 5) is 0. The van der Waals surface area contributed by atoms with Crippen LogP contribution in [0, 0.1) is 11.3 Å². The molecule has 1 saturated heterocycles. The summed E-state index contributed by atoms with van der Waals surface area (Å²) in [5.41, 5.74) is -0.791. The van der Waals surface area contributed by atoms with Crippen molar-refractivity contribution in [2.75, 3.05) is 6.61 Å². The van der Waals surface area contributed by atoms with Crippen molar-refractivity contribution in [3.05, 3.63) is 0 Å². The fourth-order valence-electron chi connectivity index (χ4n) is 2.60. The topological polar surface area (TPSA) is 79.2 Å². The van der Waals surface area contributed by atoms with Crippen LogP contribution in [0.5, 0.6) is 0 Å². The molecule has 0 aliphatic carbocycles. The number of hydrogen-bond acceptors (Lipinski definition) is 5. The first-order chi connectivity index (χ1) is 8.47. The predicted molar refractivity (Wildman–Crippen MR) is 71.5 cm³/mol. The van der Waals surface area contributed by atoms with Gasteiger partial charge in [0.1, 0.15) is 6.10 Å². The van der Waals surface area contributed by atoms with Gasteiger partial charge in [-0.15, -0.1) is 0 Å². The summed E-state index contributed by atoms with van der Waals surface area (Å²) in [7, 11) is 0. The number of aliphatic hydroxyl groups is 3. The maximum absolute atomic E-state index is 10.3. The van der Waals surface area contributed by atoms with Crippen LogP contribution in [0.3, 0.4) is 0 Å². The molecule has 5 heteroatoms. The minimum absolute atomic E-state index is 0.213. The number of rotatable bonds is 2. The highest BCUT2D eigenvalue weighted by Gasteiger charge is 2.49. The van der Waals surface area contributed by atoms with Crippen LogP contribution in [0.1, 0.15) is 41.5 Å². The average molecular weight is 276 g/mol. The minimum Gasteiger partial charge on any atom is -0.394 e. The molecule has 0 spiro atoms. The fourth-order valence-corrected chi connectivity index (χ4v) is 2.60. The van der Waals surface area contributed by atoms with Gasteiger partial charge in [-0.25, -0.2) is 0 Å². The molecular formula is C14H28O5. The van der Waals surface area contributed by atoms with Gasteiger partial charge in [0.05, 0.1) is 24.4 Å². The predicted octanol–water partition coefficient (Wildman–Crippen LogP) is 0.903. The number of hydrogen-bond donors (Lipinski definition) is 3. The standard InChI is InChI=1S/C14H28O5/c1-13(2,3)9-8(7-15)18-12(11(17)10(9)16)19-14(4,5)6/h8-12,15-17H,7H2,1-6H3/t8?,9-,10+,11?,12+/m1/s1. The van der Waals surface area contributed by atoms with Crippen molar-refractivity contribution in [2.45, 2.75) is 71.7 Å². The third-order valence-electron chi connectivity index (χ3n) is 3.36. The summed E-state index contributed by atoms with van der Waals surface area (Å²) in [6.07, 6.45) is -3.58. The SMILES string of the molecule is CC(C)(C)O[C@@H]1OC(CO)[C@@H](C(C)(C)C)[C@H](O)C1O. The van der Waals surface area contributed by atoms with Gasteiger partial charge in [-0.1, -0.05) is 20.8 Å².